The molecule has 1 rings (SSSR count). The van der Waals surface area contributed by atoms with Crippen LogP contribution in [0.1, 0.15) is 13.8 Å². The molecule has 1 saturated heterocycles. The lowest BCUT2D eigenvalue weighted by molar-refractivity contribution is -0.128. The van der Waals surface area contributed by atoms with Crippen molar-refractivity contribution in [1.29, 1.82) is 0 Å². The van der Waals surface area contributed by atoms with Crippen molar-refractivity contribution in [1.82, 2.24) is 9.57 Å². The molecule has 3 amide bonds. The van der Waals surface area contributed by atoms with Crippen molar-refractivity contribution in [3.63, 3.8) is 0 Å². The minimum atomic E-state index is -0.880. The van der Waals surface area contributed by atoms with Crippen molar-refractivity contribution in [2.45, 2.75) is 19.4 Å². The number of hydrogen-bond acceptors (Lipinski definition) is 3. The van der Waals surface area contributed by atoms with Gasteiger partial charge in [0.1, 0.15) is 5.54 Å². The average molecular weight is 188 g/mol. The van der Waals surface area contributed by atoms with Gasteiger partial charge in [-0.05, 0) is 13.8 Å². The molecule has 0 aromatic heterocycles. The van der Waals surface area contributed by atoms with Gasteiger partial charge in [0.25, 0.3) is 14.5 Å². The van der Waals surface area contributed by atoms with Gasteiger partial charge >= 0.3 is 6.03 Å². The molecule has 0 bridgehead atoms. The van der Waals surface area contributed by atoms with E-state index < -0.39 is 26.1 Å². The Morgan fingerprint density at radius 1 is 1.33 bits per heavy atom. The van der Waals surface area contributed by atoms with Crippen LogP contribution in [0.4, 0.5) is 4.79 Å². The van der Waals surface area contributed by atoms with E-state index in [0.717, 1.165) is 0 Å². The third-order valence-electron chi connectivity index (χ3n) is 2.10. The fourth-order valence-electron chi connectivity index (χ4n) is 0.943. The van der Waals surface area contributed by atoms with Crippen LogP contribution in [0, 0.1) is 0 Å². The van der Waals surface area contributed by atoms with E-state index in [9.17, 15) is 14.2 Å². The Morgan fingerprint density at radius 2 is 1.83 bits per heavy atom. The van der Waals surface area contributed by atoms with Crippen LogP contribution in [0.3, 0.4) is 0 Å². The molecule has 0 N–H and O–H groups in total. The van der Waals surface area contributed by atoms with Gasteiger partial charge in [-0.25, -0.2) is 9.36 Å². The number of carbonyl (C=O) groups excluding carboxylic acids is 2. The van der Waals surface area contributed by atoms with E-state index in [4.69, 9.17) is 0 Å². The highest BCUT2D eigenvalue weighted by molar-refractivity contribution is 7.23. The Labute approximate surface area is 71.6 Å². The lowest BCUT2D eigenvalue weighted by atomic mass is 10.1. The smallest absolute Gasteiger partial charge is 0.313 e. The standard InChI is InChI=1S/C6H9N2O3P/c1-6(2)4(9)8(12-11)5(10)7(6)3/h1-3H3. The highest BCUT2D eigenvalue weighted by Crippen LogP contribution is 2.29. The molecule has 0 aromatic carbocycles. The zero-order chi connectivity index (χ0) is 9.52. The number of imide groups is 1. The zero-order valence-electron chi connectivity index (χ0n) is 7.07. The van der Waals surface area contributed by atoms with Crippen molar-refractivity contribution in [2.24, 2.45) is 0 Å². The van der Waals surface area contributed by atoms with Crippen LogP contribution < -0.4 is 0 Å². The first-order chi connectivity index (χ1) is 5.42. The van der Waals surface area contributed by atoms with Gasteiger partial charge in [-0.3, -0.25) is 4.79 Å². The number of carbonyl (C=O) groups is 2. The van der Waals surface area contributed by atoms with Crippen molar-refractivity contribution in [3.05, 3.63) is 0 Å². The summed E-state index contributed by atoms with van der Waals surface area (Å²) in [5.74, 6) is -0.438. The van der Waals surface area contributed by atoms with Crippen LogP contribution in [-0.2, 0) is 9.36 Å². The van der Waals surface area contributed by atoms with E-state index in [2.05, 4.69) is 0 Å². The molecular weight excluding hydrogens is 179 g/mol. The molecule has 66 valence electrons. The monoisotopic (exact) mass is 188 g/mol. The minimum Gasteiger partial charge on any atom is -0.313 e. The molecule has 5 nitrogen and oxygen atoms in total. The van der Waals surface area contributed by atoms with Gasteiger partial charge in [0, 0.05) is 7.05 Å². The van der Waals surface area contributed by atoms with Crippen LogP contribution in [0.2, 0.25) is 0 Å². The van der Waals surface area contributed by atoms with Gasteiger partial charge in [-0.15, -0.1) is 0 Å². The number of rotatable bonds is 1. The van der Waals surface area contributed by atoms with E-state index >= 15 is 0 Å². The molecule has 1 aliphatic rings. The molecule has 1 aliphatic heterocycles. The second kappa shape index (κ2) is 2.52. The average Bonchev–Trinajstić information content (AvgIpc) is 2.15. The predicted octanol–water partition coefficient (Wildman–Crippen LogP) is 0.866. The zero-order valence-corrected chi connectivity index (χ0v) is 7.96. The van der Waals surface area contributed by atoms with Crippen molar-refractivity contribution < 1.29 is 14.2 Å². The lowest BCUT2D eigenvalue weighted by Gasteiger charge is -2.22. The maximum atomic E-state index is 11.3. The maximum Gasteiger partial charge on any atom is 0.337 e. The third kappa shape index (κ3) is 0.932. The summed E-state index contributed by atoms with van der Waals surface area (Å²) in [6.07, 6.45) is 0. The highest BCUT2D eigenvalue weighted by atomic mass is 31.1. The molecule has 0 unspecified atom stereocenters. The predicted molar refractivity (Wildman–Crippen MR) is 41.7 cm³/mol. The summed E-state index contributed by atoms with van der Waals surface area (Å²) in [5.41, 5.74) is -0.880. The number of urea groups is 1. The first-order valence-corrected chi connectivity index (χ1v) is 4.15. The normalized spacial score (nSPS) is 22.6. The highest BCUT2D eigenvalue weighted by Gasteiger charge is 2.49. The van der Waals surface area contributed by atoms with Crippen LogP contribution in [0.25, 0.3) is 0 Å². The fraction of sp³-hybridized carbons (Fsp3) is 0.667. The quantitative estimate of drug-likeness (QED) is 0.453. The summed E-state index contributed by atoms with van der Waals surface area (Å²) in [4.78, 5) is 23.8. The Kier molecular flexibility index (Phi) is 1.92. The van der Waals surface area contributed by atoms with E-state index in [1.165, 1.54) is 11.9 Å². The van der Waals surface area contributed by atoms with Crippen LogP contribution in [0.15, 0.2) is 0 Å². The molecule has 6 heteroatoms. The third-order valence-corrected chi connectivity index (χ3v) is 2.62. The van der Waals surface area contributed by atoms with Gasteiger partial charge in [-0.1, -0.05) is 0 Å². The molecular formula is C6H9N2O3P. The second-order valence-corrected chi connectivity index (χ2v) is 3.66. The maximum absolute atomic E-state index is 11.3. The number of amides is 3. The van der Waals surface area contributed by atoms with E-state index in [-0.39, 0.29) is 0 Å². The topological polar surface area (TPSA) is 57.7 Å². The molecule has 0 atom stereocenters. The summed E-state index contributed by atoms with van der Waals surface area (Å²) in [5, 5.41) is 0. The van der Waals surface area contributed by atoms with Crippen molar-refractivity contribution >= 4 is 20.5 Å². The summed E-state index contributed by atoms with van der Waals surface area (Å²) in [7, 11) is 0.938. The minimum absolute atomic E-state index is 0.438. The van der Waals surface area contributed by atoms with Gasteiger partial charge in [0.15, 0.2) is 0 Å². The molecule has 0 spiro atoms. The van der Waals surface area contributed by atoms with E-state index in [1.807, 2.05) is 0 Å². The largest absolute Gasteiger partial charge is 0.337 e. The molecule has 0 saturated carbocycles. The summed E-state index contributed by atoms with van der Waals surface area (Å²) in [6.45, 7) is 3.22. The van der Waals surface area contributed by atoms with E-state index in [0.29, 0.717) is 4.67 Å². The van der Waals surface area contributed by atoms with Crippen LogP contribution in [0.5, 0.6) is 0 Å². The van der Waals surface area contributed by atoms with E-state index in [1.54, 1.807) is 13.8 Å². The Morgan fingerprint density at radius 3 is 2.00 bits per heavy atom. The number of nitrogens with zero attached hydrogens (tertiary/aromatic N) is 2. The van der Waals surface area contributed by atoms with Crippen molar-refractivity contribution in [2.75, 3.05) is 7.05 Å². The van der Waals surface area contributed by atoms with Gasteiger partial charge in [0.2, 0.25) is 0 Å². The Bertz CT molecular complexity index is 264. The molecule has 1 fully saturated rings. The molecule has 0 aromatic rings. The van der Waals surface area contributed by atoms with Crippen LogP contribution >= 0.6 is 8.61 Å². The van der Waals surface area contributed by atoms with Crippen LogP contribution in [-0.4, -0.2) is 34.1 Å². The summed E-state index contributed by atoms with van der Waals surface area (Å²) in [6, 6.07) is -0.526. The fourth-order valence-corrected chi connectivity index (χ4v) is 1.47. The second-order valence-electron chi connectivity index (χ2n) is 3.10. The lowest BCUT2D eigenvalue weighted by Crippen LogP contribution is -2.41. The van der Waals surface area contributed by atoms with Crippen molar-refractivity contribution in [3.8, 4) is 0 Å². The molecule has 12 heavy (non-hydrogen) atoms. The molecule has 1 heterocycles. The molecule has 0 radical (unpaired) electrons. The summed E-state index contributed by atoms with van der Waals surface area (Å²) < 4.78 is 11.1. The number of likely N-dealkylation sites (N-methyl/N-ethyl adjacent to an activating group) is 1. The number of hydrogen-bond donors (Lipinski definition) is 0. The van der Waals surface area contributed by atoms with Gasteiger partial charge in [-0.2, -0.15) is 4.67 Å². The first-order valence-electron chi connectivity index (χ1n) is 3.38. The Hall–Kier alpha value is -0.960. The summed E-state index contributed by atoms with van der Waals surface area (Å²) >= 11 is 0. The van der Waals surface area contributed by atoms with Gasteiger partial charge < -0.3 is 4.90 Å². The first kappa shape index (κ1) is 9.13. The SMILES string of the molecule is CN1C(=O)N(P=O)C(=O)C1(C)C. The Balaban J connectivity index is 3.10. The van der Waals surface area contributed by atoms with Gasteiger partial charge in [0.05, 0.1) is 0 Å². The molecule has 0 aliphatic carbocycles.